The van der Waals surface area contributed by atoms with Gasteiger partial charge in [0.05, 0.1) is 17.2 Å². The van der Waals surface area contributed by atoms with Crippen LogP contribution in [0.5, 0.6) is 0 Å². The zero-order valence-corrected chi connectivity index (χ0v) is 10.7. The predicted molar refractivity (Wildman–Crippen MR) is 66.8 cm³/mol. The summed E-state index contributed by atoms with van der Waals surface area (Å²) in [5, 5.41) is 8.75. The molecule has 0 N–H and O–H groups in total. The van der Waals surface area contributed by atoms with Crippen LogP contribution in [0.4, 0.5) is 18.9 Å². The van der Waals surface area contributed by atoms with Gasteiger partial charge in [-0.1, -0.05) is 0 Å². The third kappa shape index (κ3) is 2.83. The van der Waals surface area contributed by atoms with Crippen LogP contribution in [-0.2, 0) is 6.18 Å². The van der Waals surface area contributed by atoms with Gasteiger partial charge in [-0.05, 0) is 44.4 Å². The number of nitrogens with zero attached hydrogens (tertiary/aromatic N) is 2. The first-order valence-corrected chi connectivity index (χ1v) is 6.31. The lowest BCUT2D eigenvalue weighted by Crippen LogP contribution is -2.38. The van der Waals surface area contributed by atoms with Crippen LogP contribution in [0.15, 0.2) is 18.2 Å². The third-order valence-corrected chi connectivity index (χ3v) is 3.54. The molecule has 0 bridgehead atoms. The zero-order chi connectivity index (χ0) is 14.0. The maximum atomic E-state index is 13.1. The Morgan fingerprint density at radius 3 is 2.63 bits per heavy atom. The van der Waals surface area contributed by atoms with E-state index < -0.39 is 11.7 Å². The van der Waals surface area contributed by atoms with Crippen molar-refractivity contribution in [1.82, 2.24) is 0 Å². The lowest BCUT2D eigenvalue weighted by molar-refractivity contribution is -0.137. The highest BCUT2D eigenvalue weighted by molar-refractivity contribution is 5.58. The van der Waals surface area contributed by atoms with Crippen molar-refractivity contribution in [2.24, 2.45) is 0 Å². The summed E-state index contributed by atoms with van der Waals surface area (Å²) in [4.78, 5) is 1.80. The van der Waals surface area contributed by atoms with Crippen LogP contribution >= 0.6 is 0 Å². The summed E-state index contributed by atoms with van der Waals surface area (Å²) in [6.07, 6.45) is -1.58. The number of benzene rings is 1. The number of hydrogen-bond acceptors (Lipinski definition) is 2. The van der Waals surface area contributed by atoms with Gasteiger partial charge >= 0.3 is 6.18 Å². The molecule has 1 aromatic rings. The SMILES string of the molecule is C[C@H]1CCCCN1c1ccc(C#N)cc1C(F)(F)F. The van der Waals surface area contributed by atoms with Crippen molar-refractivity contribution in [3.05, 3.63) is 29.3 Å². The lowest BCUT2D eigenvalue weighted by Gasteiger charge is -2.37. The summed E-state index contributed by atoms with van der Waals surface area (Å²) < 4.78 is 39.3. The van der Waals surface area contributed by atoms with E-state index in [-0.39, 0.29) is 17.3 Å². The van der Waals surface area contributed by atoms with Crippen molar-refractivity contribution >= 4 is 5.69 Å². The summed E-state index contributed by atoms with van der Waals surface area (Å²) in [6, 6.07) is 5.67. The maximum absolute atomic E-state index is 13.1. The summed E-state index contributed by atoms with van der Waals surface area (Å²) >= 11 is 0. The normalized spacial score (nSPS) is 20.2. The second-order valence-corrected chi connectivity index (χ2v) is 4.88. The number of nitriles is 1. The summed E-state index contributed by atoms with van der Waals surface area (Å²) in [5.74, 6) is 0. The first kappa shape index (κ1) is 13.7. The molecule has 2 rings (SSSR count). The summed E-state index contributed by atoms with van der Waals surface area (Å²) in [7, 11) is 0. The monoisotopic (exact) mass is 268 g/mol. The zero-order valence-electron chi connectivity index (χ0n) is 10.7. The van der Waals surface area contributed by atoms with Crippen molar-refractivity contribution in [3.63, 3.8) is 0 Å². The largest absolute Gasteiger partial charge is 0.418 e. The van der Waals surface area contributed by atoms with E-state index >= 15 is 0 Å². The van der Waals surface area contributed by atoms with Crippen LogP contribution in [0.3, 0.4) is 0 Å². The average Bonchev–Trinajstić information content (AvgIpc) is 2.38. The van der Waals surface area contributed by atoms with Gasteiger partial charge in [0, 0.05) is 18.3 Å². The Balaban J connectivity index is 2.47. The molecule has 1 aromatic carbocycles. The fraction of sp³-hybridized carbons (Fsp3) is 0.500. The van der Waals surface area contributed by atoms with Crippen LogP contribution < -0.4 is 4.90 Å². The van der Waals surface area contributed by atoms with Crippen LogP contribution in [0.1, 0.15) is 37.3 Å². The van der Waals surface area contributed by atoms with Crippen LogP contribution in [0, 0.1) is 11.3 Å². The van der Waals surface area contributed by atoms with E-state index in [0.29, 0.717) is 6.54 Å². The highest BCUT2D eigenvalue weighted by Crippen LogP contribution is 2.39. The van der Waals surface area contributed by atoms with Gasteiger partial charge in [0.25, 0.3) is 0 Å². The Labute approximate surface area is 110 Å². The van der Waals surface area contributed by atoms with Gasteiger partial charge in [0.15, 0.2) is 0 Å². The molecular formula is C14H15F3N2. The predicted octanol–water partition coefficient (Wildman–Crippen LogP) is 3.96. The maximum Gasteiger partial charge on any atom is 0.418 e. The van der Waals surface area contributed by atoms with Gasteiger partial charge in [-0.15, -0.1) is 0 Å². The second-order valence-electron chi connectivity index (χ2n) is 4.88. The molecule has 0 radical (unpaired) electrons. The molecule has 0 saturated carbocycles. The molecule has 102 valence electrons. The molecule has 19 heavy (non-hydrogen) atoms. The lowest BCUT2D eigenvalue weighted by atomic mass is 10.00. The summed E-state index contributed by atoms with van der Waals surface area (Å²) in [5.41, 5.74) is -0.472. The highest BCUT2D eigenvalue weighted by atomic mass is 19.4. The van der Waals surface area contributed by atoms with E-state index in [0.717, 1.165) is 25.3 Å². The number of rotatable bonds is 1. The van der Waals surface area contributed by atoms with E-state index in [9.17, 15) is 13.2 Å². The molecule has 5 heteroatoms. The van der Waals surface area contributed by atoms with Gasteiger partial charge in [-0.3, -0.25) is 0 Å². The Hall–Kier alpha value is -1.70. The Kier molecular flexibility index (Phi) is 3.70. The van der Waals surface area contributed by atoms with Gasteiger partial charge < -0.3 is 4.90 Å². The van der Waals surface area contributed by atoms with Gasteiger partial charge in [0.1, 0.15) is 0 Å². The van der Waals surface area contributed by atoms with Crippen molar-refractivity contribution in [1.29, 1.82) is 5.26 Å². The molecule has 0 amide bonds. The topological polar surface area (TPSA) is 27.0 Å². The van der Waals surface area contributed by atoms with Gasteiger partial charge in [-0.25, -0.2) is 0 Å². The standard InChI is InChI=1S/C14H15F3N2/c1-10-4-2-3-7-19(10)13-6-5-11(9-18)8-12(13)14(15,16)17/h5-6,8,10H,2-4,7H2,1H3/t10-/m0/s1. The molecule has 1 saturated heterocycles. The smallest absolute Gasteiger partial charge is 0.368 e. The van der Waals surface area contributed by atoms with Crippen molar-refractivity contribution < 1.29 is 13.2 Å². The average molecular weight is 268 g/mol. The van der Waals surface area contributed by atoms with Crippen molar-refractivity contribution in [3.8, 4) is 6.07 Å². The second kappa shape index (κ2) is 5.12. The Morgan fingerprint density at radius 1 is 1.32 bits per heavy atom. The first-order valence-electron chi connectivity index (χ1n) is 6.31. The quantitative estimate of drug-likeness (QED) is 0.771. The molecule has 0 aliphatic carbocycles. The number of hydrogen-bond donors (Lipinski definition) is 0. The van der Waals surface area contributed by atoms with E-state index in [1.807, 2.05) is 6.92 Å². The molecule has 1 heterocycles. The van der Waals surface area contributed by atoms with Crippen molar-refractivity contribution in [2.75, 3.05) is 11.4 Å². The Morgan fingerprint density at radius 2 is 2.05 bits per heavy atom. The first-order chi connectivity index (χ1) is 8.93. The Bertz CT molecular complexity index is 502. The number of alkyl halides is 3. The molecular weight excluding hydrogens is 253 g/mol. The minimum absolute atomic E-state index is 0.0423. The molecule has 1 aliphatic heterocycles. The minimum atomic E-state index is -4.43. The third-order valence-electron chi connectivity index (χ3n) is 3.54. The van der Waals surface area contributed by atoms with Crippen LogP contribution in [0.25, 0.3) is 0 Å². The van der Waals surface area contributed by atoms with Gasteiger partial charge in [0.2, 0.25) is 0 Å². The van der Waals surface area contributed by atoms with E-state index in [1.54, 1.807) is 11.0 Å². The van der Waals surface area contributed by atoms with Crippen LogP contribution in [0.2, 0.25) is 0 Å². The van der Waals surface area contributed by atoms with E-state index in [4.69, 9.17) is 5.26 Å². The molecule has 0 spiro atoms. The number of piperidine rings is 1. The fourth-order valence-electron chi connectivity index (χ4n) is 2.54. The van der Waals surface area contributed by atoms with E-state index in [1.165, 1.54) is 12.1 Å². The molecule has 0 unspecified atom stereocenters. The number of halogens is 3. The van der Waals surface area contributed by atoms with Gasteiger partial charge in [-0.2, -0.15) is 18.4 Å². The highest BCUT2D eigenvalue weighted by Gasteiger charge is 2.36. The van der Waals surface area contributed by atoms with E-state index in [2.05, 4.69) is 0 Å². The molecule has 0 aromatic heterocycles. The molecule has 1 atom stereocenters. The number of anilines is 1. The fourth-order valence-corrected chi connectivity index (χ4v) is 2.54. The van der Waals surface area contributed by atoms with Crippen molar-refractivity contribution in [2.45, 2.75) is 38.4 Å². The molecule has 1 fully saturated rings. The molecule has 1 aliphatic rings. The summed E-state index contributed by atoms with van der Waals surface area (Å²) in [6.45, 7) is 2.58. The minimum Gasteiger partial charge on any atom is -0.368 e. The molecule has 2 nitrogen and oxygen atoms in total. The van der Waals surface area contributed by atoms with Crippen LogP contribution in [-0.4, -0.2) is 12.6 Å².